The van der Waals surface area contributed by atoms with Crippen molar-refractivity contribution >= 4 is 23.6 Å². The van der Waals surface area contributed by atoms with Crippen molar-refractivity contribution in [1.82, 2.24) is 15.0 Å². The molecule has 3 rings (SSSR count). The summed E-state index contributed by atoms with van der Waals surface area (Å²) in [6.45, 7) is 1.88. The Kier molecular flexibility index (Phi) is 6.81. The van der Waals surface area contributed by atoms with Crippen LogP contribution in [0, 0.1) is 17.5 Å². The minimum absolute atomic E-state index is 0.0317. The number of carbonyl (C=O) groups is 1. The molecule has 10 heteroatoms. The summed E-state index contributed by atoms with van der Waals surface area (Å²) in [4.78, 5) is 17.9. The van der Waals surface area contributed by atoms with Gasteiger partial charge < -0.3 is 9.84 Å². The maximum atomic E-state index is 14.1. The highest BCUT2D eigenvalue weighted by atomic mass is 19.2. The molecule has 1 N–H and O–H groups in total. The van der Waals surface area contributed by atoms with E-state index in [1.807, 2.05) is 6.07 Å². The molecule has 0 saturated heterocycles. The molecule has 0 aliphatic carbocycles. The van der Waals surface area contributed by atoms with Gasteiger partial charge in [0.2, 0.25) is 0 Å². The van der Waals surface area contributed by atoms with Crippen molar-refractivity contribution in [1.29, 1.82) is 0 Å². The third-order valence-electron chi connectivity index (χ3n) is 4.06. The van der Waals surface area contributed by atoms with Crippen molar-refractivity contribution in [3.05, 3.63) is 82.9 Å². The molecule has 0 radical (unpaired) electrons. The fourth-order valence-electron chi connectivity index (χ4n) is 2.63. The lowest BCUT2D eigenvalue weighted by Crippen LogP contribution is -2.12. The van der Waals surface area contributed by atoms with Crippen LogP contribution in [0.15, 0.2) is 59.4 Å². The van der Waals surface area contributed by atoms with Crippen LogP contribution in [0.1, 0.15) is 18.1 Å². The molecule has 3 aromatic rings. The van der Waals surface area contributed by atoms with E-state index in [0.29, 0.717) is 18.3 Å². The second-order valence-electron chi connectivity index (χ2n) is 6.22. The van der Waals surface area contributed by atoms with Crippen LogP contribution in [0.2, 0.25) is 0 Å². The molecule has 0 saturated carbocycles. The Morgan fingerprint density at radius 1 is 1.13 bits per heavy atom. The van der Waals surface area contributed by atoms with Crippen molar-refractivity contribution in [3.8, 4) is 0 Å². The second-order valence-corrected chi connectivity index (χ2v) is 6.22. The molecule has 0 fully saturated rings. The van der Waals surface area contributed by atoms with E-state index >= 15 is 0 Å². The van der Waals surface area contributed by atoms with Crippen molar-refractivity contribution < 1.29 is 27.8 Å². The Balaban J connectivity index is 1.97. The van der Waals surface area contributed by atoms with Crippen LogP contribution in [0.4, 0.5) is 18.9 Å². The number of aromatic nitrogens is 3. The highest BCUT2D eigenvalue weighted by molar-refractivity contribution is 6.15. The van der Waals surface area contributed by atoms with E-state index in [2.05, 4.69) is 15.2 Å². The molecule has 31 heavy (non-hydrogen) atoms. The quantitative estimate of drug-likeness (QED) is 0.201. The number of hydrogen-bond acceptors (Lipinski definition) is 6. The predicted octanol–water partition coefficient (Wildman–Crippen LogP) is 3.98. The third-order valence-corrected chi connectivity index (χ3v) is 4.06. The number of nitrogens with zero attached hydrogens (tertiary/aromatic N) is 4. The summed E-state index contributed by atoms with van der Waals surface area (Å²) in [6, 6.07) is 7.58. The van der Waals surface area contributed by atoms with Crippen molar-refractivity contribution in [2.75, 3.05) is 6.61 Å². The first-order valence-corrected chi connectivity index (χ1v) is 9.11. The Morgan fingerprint density at radius 2 is 1.84 bits per heavy atom. The van der Waals surface area contributed by atoms with Gasteiger partial charge >= 0.3 is 5.97 Å². The summed E-state index contributed by atoms with van der Waals surface area (Å²) < 4.78 is 45.7. The van der Waals surface area contributed by atoms with E-state index < -0.39 is 40.3 Å². The number of ether oxygens (including phenoxy) is 1. The SMILES string of the molecule is CCOC(=O)C(C=Nc1cccc(Cn2nccn2)c1)=C(O)c1cc(F)c(F)cc1F. The molecule has 0 aliphatic heterocycles. The summed E-state index contributed by atoms with van der Waals surface area (Å²) in [7, 11) is 0. The predicted molar refractivity (Wildman–Crippen MR) is 106 cm³/mol. The molecule has 2 aromatic carbocycles. The minimum Gasteiger partial charge on any atom is -0.506 e. The molecule has 7 nitrogen and oxygen atoms in total. The summed E-state index contributed by atoms with van der Waals surface area (Å²) in [5, 5.41) is 18.4. The number of aliphatic hydroxyl groups excluding tert-OH is 1. The molecule has 0 amide bonds. The van der Waals surface area contributed by atoms with E-state index in [4.69, 9.17) is 4.74 Å². The van der Waals surface area contributed by atoms with Crippen LogP contribution in [-0.4, -0.2) is 38.9 Å². The molecule has 160 valence electrons. The average Bonchev–Trinajstić information content (AvgIpc) is 3.24. The molecular formula is C21H17F3N4O3. The van der Waals surface area contributed by atoms with E-state index in [1.54, 1.807) is 30.6 Å². The smallest absolute Gasteiger partial charge is 0.343 e. The Labute approximate surface area is 175 Å². The van der Waals surface area contributed by atoms with Gasteiger partial charge in [0.1, 0.15) is 17.1 Å². The topological polar surface area (TPSA) is 89.6 Å². The fraction of sp³-hybridized carbons (Fsp3) is 0.143. The molecule has 0 bridgehead atoms. The van der Waals surface area contributed by atoms with Gasteiger partial charge in [0.15, 0.2) is 11.6 Å². The van der Waals surface area contributed by atoms with Crippen LogP contribution in [0.25, 0.3) is 5.76 Å². The fourth-order valence-corrected chi connectivity index (χ4v) is 2.63. The van der Waals surface area contributed by atoms with Crippen molar-refractivity contribution in [2.45, 2.75) is 13.5 Å². The number of carbonyl (C=O) groups excluding carboxylic acids is 1. The van der Waals surface area contributed by atoms with Gasteiger partial charge in [0.25, 0.3) is 0 Å². The lowest BCUT2D eigenvalue weighted by Gasteiger charge is -2.08. The second kappa shape index (κ2) is 9.70. The highest BCUT2D eigenvalue weighted by Crippen LogP contribution is 2.23. The Morgan fingerprint density at radius 3 is 2.55 bits per heavy atom. The zero-order chi connectivity index (χ0) is 22.4. The summed E-state index contributed by atoms with van der Waals surface area (Å²) in [6.07, 6.45) is 4.05. The third kappa shape index (κ3) is 5.35. The molecule has 0 unspecified atom stereocenters. The number of aliphatic imine (C=N–C) groups is 1. The first kappa shape index (κ1) is 21.8. The molecule has 0 spiro atoms. The van der Waals surface area contributed by atoms with Gasteiger partial charge in [-0.25, -0.2) is 18.0 Å². The van der Waals surface area contributed by atoms with E-state index in [1.165, 1.54) is 11.7 Å². The first-order chi connectivity index (χ1) is 14.9. The number of hydrogen-bond donors (Lipinski definition) is 1. The monoisotopic (exact) mass is 430 g/mol. The normalized spacial score (nSPS) is 12.1. The zero-order valence-electron chi connectivity index (χ0n) is 16.3. The van der Waals surface area contributed by atoms with Crippen LogP contribution in [0.5, 0.6) is 0 Å². The van der Waals surface area contributed by atoms with Crippen LogP contribution in [0.3, 0.4) is 0 Å². The maximum Gasteiger partial charge on any atom is 0.343 e. The van der Waals surface area contributed by atoms with Crippen LogP contribution >= 0.6 is 0 Å². The Bertz CT molecular complexity index is 1140. The van der Waals surface area contributed by atoms with Gasteiger partial charge in [-0.15, -0.1) is 0 Å². The van der Waals surface area contributed by atoms with Gasteiger partial charge in [0, 0.05) is 12.3 Å². The molecule has 1 aromatic heterocycles. The van der Waals surface area contributed by atoms with E-state index in [9.17, 15) is 23.1 Å². The number of halogens is 3. The first-order valence-electron chi connectivity index (χ1n) is 9.11. The van der Waals surface area contributed by atoms with Crippen LogP contribution in [-0.2, 0) is 16.1 Å². The summed E-state index contributed by atoms with van der Waals surface area (Å²) in [5.74, 6) is -6.01. The number of benzene rings is 2. The number of aliphatic hydroxyl groups is 1. The minimum atomic E-state index is -1.43. The van der Waals surface area contributed by atoms with Gasteiger partial charge in [-0.2, -0.15) is 15.0 Å². The van der Waals surface area contributed by atoms with E-state index in [0.717, 1.165) is 11.8 Å². The van der Waals surface area contributed by atoms with Crippen molar-refractivity contribution in [2.24, 2.45) is 4.99 Å². The van der Waals surface area contributed by atoms with Crippen molar-refractivity contribution in [3.63, 3.8) is 0 Å². The molecular weight excluding hydrogens is 413 g/mol. The average molecular weight is 430 g/mol. The molecule has 1 heterocycles. The highest BCUT2D eigenvalue weighted by Gasteiger charge is 2.21. The zero-order valence-corrected chi connectivity index (χ0v) is 16.3. The maximum absolute atomic E-state index is 14.1. The molecule has 0 atom stereocenters. The number of esters is 1. The van der Waals surface area contributed by atoms with Gasteiger partial charge in [-0.05, 0) is 30.7 Å². The molecule has 0 aliphatic rings. The summed E-state index contributed by atoms with van der Waals surface area (Å²) >= 11 is 0. The summed E-state index contributed by atoms with van der Waals surface area (Å²) in [5.41, 5.74) is -0.00814. The van der Waals surface area contributed by atoms with Gasteiger partial charge in [0.05, 0.1) is 36.8 Å². The van der Waals surface area contributed by atoms with E-state index in [-0.39, 0.29) is 12.7 Å². The number of rotatable bonds is 7. The largest absolute Gasteiger partial charge is 0.506 e. The van der Waals surface area contributed by atoms with Gasteiger partial charge in [-0.1, -0.05) is 12.1 Å². The Hall–Kier alpha value is -3.95. The lowest BCUT2D eigenvalue weighted by atomic mass is 10.1. The van der Waals surface area contributed by atoms with Gasteiger partial charge in [-0.3, -0.25) is 4.99 Å². The van der Waals surface area contributed by atoms with Crippen LogP contribution < -0.4 is 0 Å². The lowest BCUT2D eigenvalue weighted by molar-refractivity contribution is -0.137. The standard InChI is InChI=1S/C21H17F3N4O3/c1-2-31-21(30)16(20(29)15-9-18(23)19(24)10-17(15)22)11-25-14-5-3-4-13(8-14)12-28-26-6-7-27-28/h3-11,29H,2,12H2,1H3.